The molecule has 7 heteroatoms. The minimum Gasteiger partial charge on any atom is -0.354 e. The van der Waals surface area contributed by atoms with E-state index in [-0.39, 0.29) is 17.7 Å². The number of carbonyl (C=O) groups excluding carboxylic acids is 3. The van der Waals surface area contributed by atoms with Gasteiger partial charge in [0.2, 0.25) is 17.7 Å². The van der Waals surface area contributed by atoms with Gasteiger partial charge in [-0.05, 0) is 37.0 Å². The van der Waals surface area contributed by atoms with E-state index in [1.165, 1.54) is 0 Å². The van der Waals surface area contributed by atoms with Crippen molar-refractivity contribution in [2.45, 2.75) is 102 Å². The van der Waals surface area contributed by atoms with Crippen LogP contribution in [-0.4, -0.2) is 61.9 Å². The monoisotopic (exact) mass is 524 g/mol. The van der Waals surface area contributed by atoms with Crippen molar-refractivity contribution in [3.05, 3.63) is 0 Å². The highest BCUT2D eigenvalue weighted by Gasteiger charge is 2.30. The number of hydrogen-bond acceptors (Lipinski definition) is 4. The van der Waals surface area contributed by atoms with Crippen molar-refractivity contribution in [3.8, 4) is 0 Å². The van der Waals surface area contributed by atoms with E-state index < -0.39 is 16.2 Å². The fourth-order valence-electron chi connectivity index (χ4n) is 5.38. The van der Waals surface area contributed by atoms with Crippen molar-refractivity contribution in [3.63, 3.8) is 0 Å². The highest BCUT2D eigenvalue weighted by molar-refractivity contribution is 5.82. The summed E-state index contributed by atoms with van der Waals surface area (Å²) in [6.07, 6.45) is 2.50. The number of amides is 3. The minimum atomic E-state index is -0.412. The summed E-state index contributed by atoms with van der Waals surface area (Å²) >= 11 is 0. The summed E-state index contributed by atoms with van der Waals surface area (Å²) < 4.78 is 0. The van der Waals surface area contributed by atoms with Crippen LogP contribution in [0.5, 0.6) is 0 Å². The number of nitrogens with zero attached hydrogens (tertiary/aromatic N) is 1. The molecule has 0 aliphatic rings. The van der Waals surface area contributed by atoms with Gasteiger partial charge in [-0.25, -0.2) is 0 Å². The van der Waals surface area contributed by atoms with Crippen molar-refractivity contribution in [1.29, 1.82) is 0 Å². The van der Waals surface area contributed by atoms with Crippen molar-refractivity contribution in [2.75, 3.05) is 39.3 Å². The van der Waals surface area contributed by atoms with Crippen molar-refractivity contribution in [1.82, 2.24) is 20.9 Å². The van der Waals surface area contributed by atoms with Gasteiger partial charge in [0, 0.05) is 55.5 Å². The van der Waals surface area contributed by atoms with Crippen molar-refractivity contribution >= 4 is 17.7 Å². The molecule has 7 nitrogen and oxygen atoms in total. The maximum Gasteiger partial charge on any atom is 0.225 e. The zero-order valence-electron chi connectivity index (χ0n) is 26.3. The third-order valence-corrected chi connectivity index (χ3v) is 6.74. The van der Waals surface area contributed by atoms with Crippen LogP contribution in [0.1, 0.15) is 102 Å². The Labute approximate surface area is 228 Å². The van der Waals surface area contributed by atoms with Gasteiger partial charge >= 0.3 is 0 Å². The Morgan fingerprint density at radius 2 is 0.730 bits per heavy atom. The third-order valence-electron chi connectivity index (χ3n) is 6.74. The highest BCUT2D eigenvalue weighted by Crippen LogP contribution is 2.26. The Balaban J connectivity index is 5.02. The highest BCUT2D eigenvalue weighted by atomic mass is 16.2. The lowest BCUT2D eigenvalue weighted by Gasteiger charge is -2.29. The predicted molar refractivity (Wildman–Crippen MR) is 155 cm³/mol. The van der Waals surface area contributed by atoms with Crippen LogP contribution in [0.15, 0.2) is 0 Å². The molecule has 0 rings (SSSR count). The fourth-order valence-corrected chi connectivity index (χ4v) is 5.38. The third kappa shape index (κ3) is 14.8. The zero-order valence-corrected chi connectivity index (χ0v) is 26.3. The maximum atomic E-state index is 12.7. The average Bonchev–Trinajstić information content (AvgIpc) is 2.70. The smallest absolute Gasteiger partial charge is 0.225 e. The molecule has 3 N–H and O–H groups in total. The van der Waals surface area contributed by atoms with Crippen molar-refractivity contribution in [2.24, 2.45) is 34.0 Å². The molecule has 3 amide bonds. The molecule has 0 aromatic carbocycles. The normalized spacial score (nSPS) is 13.0. The lowest BCUT2D eigenvalue weighted by Crippen LogP contribution is -2.47. The van der Waals surface area contributed by atoms with E-state index in [0.29, 0.717) is 57.0 Å². The Kier molecular flexibility index (Phi) is 15.0. The molecule has 0 aromatic heterocycles. The van der Waals surface area contributed by atoms with E-state index in [1.54, 1.807) is 0 Å². The van der Waals surface area contributed by atoms with Crippen LogP contribution in [0.25, 0.3) is 0 Å². The number of carbonyl (C=O) groups is 3. The van der Waals surface area contributed by atoms with Gasteiger partial charge < -0.3 is 16.0 Å². The molecule has 0 radical (unpaired) electrons. The second-order valence-electron chi connectivity index (χ2n) is 14.1. The van der Waals surface area contributed by atoms with E-state index in [2.05, 4.69) is 62.4 Å². The second-order valence-corrected chi connectivity index (χ2v) is 14.1. The van der Waals surface area contributed by atoms with Gasteiger partial charge in [-0.3, -0.25) is 19.3 Å². The largest absolute Gasteiger partial charge is 0.354 e. The van der Waals surface area contributed by atoms with Crippen LogP contribution >= 0.6 is 0 Å². The lowest BCUT2D eigenvalue weighted by molar-refractivity contribution is -0.130. The summed E-state index contributed by atoms with van der Waals surface area (Å²) in [5.41, 5.74) is -1.24. The van der Waals surface area contributed by atoms with Gasteiger partial charge in [-0.2, -0.15) is 0 Å². The van der Waals surface area contributed by atoms with Crippen LogP contribution in [0.2, 0.25) is 0 Å². The molecule has 0 fully saturated rings. The van der Waals surface area contributed by atoms with Crippen LogP contribution in [0.4, 0.5) is 0 Å². The fraction of sp³-hybridized carbons (Fsp3) is 0.900. The van der Waals surface area contributed by atoms with E-state index in [0.717, 1.165) is 19.3 Å². The van der Waals surface area contributed by atoms with E-state index in [4.69, 9.17) is 0 Å². The Hall–Kier alpha value is -1.63. The van der Waals surface area contributed by atoms with Crippen LogP contribution in [0, 0.1) is 34.0 Å². The molecule has 0 aromatic rings. The molecule has 0 heterocycles. The molecule has 0 saturated carbocycles. The van der Waals surface area contributed by atoms with Gasteiger partial charge in [-0.15, -0.1) is 0 Å². The summed E-state index contributed by atoms with van der Waals surface area (Å²) in [7, 11) is 0. The summed E-state index contributed by atoms with van der Waals surface area (Å²) in [4.78, 5) is 40.4. The molecule has 0 bridgehead atoms. The second kappa shape index (κ2) is 15.7. The zero-order chi connectivity index (χ0) is 29.0. The topological polar surface area (TPSA) is 90.5 Å². The predicted octanol–water partition coefficient (Wildman–Crippen LogP) is 4.85. The quantitative estimate of drug-likeness (QED) is 0.239. The Morgan fingerprint density at radius 1 is 0.514 bits per heavy atom. The average molecular weight is 525 g/mol. The first kappa shape index (κ1) is 35.4. The van der Waals surface area contributed by atoms with Crippen LogP contribution in [-0.2, 0) is 14.4 Å². The maximum absolute atomic E-state index is 12.7. The lowest BCUT2D eigenvalue weighted by atomic mass is 9.83. The van der Waals surface area contributed by atoms with E-state index in [1.807, 2.05) is 41.5 Å². The molecule has 0 atom stereocenters. The summed E-state index contributed by atoms with van der Waals surface area (Å²) in [5, 5.41) is 9.28. The molecule has 0 aliphatic heterocycles. The molecule has 0 saturated heterocycles. The summed E-state index contributed by atoms with van der Waals surface area (Å²) in [6.45, 7) is 28.3. The van der Waals surface area contributed by atoms with Crippen molar-refractivity contribution < 1.29 is 14.4 Å². The Bertz CT molecular complexity index is 617. The van der Waals surface area contributed by atoms with Gasteiger partial charge in [0.25, 0.3) is 0 Å². The molecular formula is C30H60N4O3. The first-order valence-corrected chi connectivity index (χ1v) is 14.4. The molecule has 0 spiro atoms. The minimum absolute atomic E-state index is 0.0635. The van der Waals surface area contributed by atoms with E-state index in [9.17, 15) is 14.4 Å². The van der Waals surface area contributed by atoms with Gasteiger partial charge in [0.1, 0.15) is 0 Å². The summed E-state index contributed by atoms with van der Waals surface area (Å²) in [6, 6.07) is 0. The molecular weight excluding hydrogens is 464 g/mol. The first-order valence-electron chi connectivity index (χ1n) is 14.4. The Morgan fingerprint density at radius 3 is 0.919 bits per heavy atom. The number of nitrogens with one attached hydrogen (secondary N) is 3. The first-order chi connectivity index (χ1) is 16.8. The standard InChI is InChI=1S/C30H60N4O3/c1-22(2)19-28(7,8)25(35)31-13-16-34(17-14-32-26(36)29(9,10)20-23(3)4)18-15-33-27(37)30(11,12)21-24(5)6/h22-24H,13-21H2,1-12H3,(H,31,35)(H,32,36)(H,33,37). The molecule has 218 valence electrons. The SMILES string of the molecule is CC(C)CC(C)(C)C(=O)NCCN(CCNC(=O)C(C)(C)CC(C)C)CCNC(=O)C(C)(C)CC(C)C. The number of rotatable bonds is 18. The molecule has 37 heavy (non-hydrogen) atoms. The van der Waals surface area contributed by atoms with Crippen LogP contribution < -0.4 is 16.0 Å². The number of hydrogen-bond donors (Lipinski definition) is 3. The molecule has 0 aliphatic carbocycles. The van der Waals surface area contributed by atoms with E-state index >= 15 is 0 Å². The summed E-state index contributed by atoms with van der Waals surface area (Å²) in [5.74, 6) is 1.54. The van der Waals surface area contributed by atoms with Gasteiger partial charge in [-0.1, -0.05) is 83.1 Å². The van der Waals surface area contributed by atoms with Gasteiger partial charge in [0.05, 0.1) is 0 Å². The molecule has 0 unspecified atom stereocenters. The van der Waals surface area contributed by atoms with Gasteiger partial charge in [0.15, 0.2) is 0 Å². The van der Waals surface area contributed by atoms with Crippen LogP contribution in [0.3, 0.4) is 0 Å².